The number of hydrogen-bond acceptors (Lipinski definition) is 4. The van der Waals surface area contributed by atoms with E-state index in [9.17, 15) is 4.79 Å². The highest BCUT2D eigenvalue weighted by molar-refractivity contribution is 6.04. The lowest BCUT2D eigenvalue weighted by Crippen LogP contribution is -2.23. The predicted octanol–water partition coefficient (Wildman–Crippen LogP) is 4.16. The van der Waals surface area contributed by atoms with Crippen molar-refractivity contribution in [1.29, 1.82) is 0 Å². The maximum absolute atomic E-state index is 12.4. The first-order valence-electron chi connectivity index (χ1n) is 8.77. The second kappa shape index (κ2) is 8.97. The van der Waals surface area contributed by atoms with Crippen LogP contribution in [0, 0.1) is 0 Å². The zero-order chi connectivity index (χ0) is 18.2. The highest BCUT2D eigenvalue weighted by Crippen LogP contribution is 2.26. The van der Waals surface area contributed by atoms with E-state index in [1.165, 1.54) is 0 Å². The summed E-state index contributed by atoms with van der Waals surface area (Å²) in [4.78, 5) is 14.6. The third-order valence-electron chi connectivity index (χ3n) is 3.98. The number of amides is 1. The Morgan fingerprint density at radius 3 is 2.32 bits per heavy atom. The normalized spacial score (nSPS) is 10.4. The molecule has 0 fully saturated rings. The molecule has 5 heteroatoms. The van der Waals surface area contributed by atoms with Gasteiger partial charge >= 0.3 is 0 Å². The van der Waals surface area contributed by atoms with Gasteiger partial charge in [-0.2, -0.15) is 0 Å². The Morgan fingerprint density at radius 1 is 1.08 bits per heavy atom. The molecule has 2 aromatic rings. The molecule has 0 atom stereocenters. The van der Waals surface area contributed by atoms with E-state index in [0.717, 1.165) is 30.9 Å². The molecule has 0 bridgehead atoms. The number of anilines is 3. The number of nitrogen functional groups attached to an aromatic ring is 1. The van der Waals surface area contributed by atoms with Gasteiger partial charge in [-0.15, -0.1) is 0 Å². The molecular weight excluding hydrogens is 314 g/mol. The van der Waals surface area contributed by atoms with Crippen LogP contribution in [0.4, 0.5) is 17.1 Å². The van der Waals surface area contributed by atoms with Crippen LogP contribution in [0.2, 0.25) is 0 Å². The van der Waals surface area contributed by atoms with Crippen molar-refractivity contribution in [2.24, 2.45) is 0 Å². The first kappa shape index (κ1) is 18.6. The second-order valence-electron chi connectivity index (χ2n) is 5.77. The number of nitrogens with one attached hydrogen (secondary N) is 1. The van der Waals surface area contributed by atoms with Crippen LogP contribution in [0.5, 0.6) is 5.75 Å². The number of hydrogen-bond donors (Lipinski definition) is 2. The van der Waals surface area contributed by atoms with Crippen LogP contribution in [0.3, 0.4) is 0 Å². The van der Waals surface area contributed by atoms with Gasteiger partial charge in [-0.1, -0.05) is 6.92 Å². The van der Waals surface area contributed by atoms with Gasteiger partial charge in [-0.05, 0) is 62.7 Å². The van der Waals surface area contributed by atoms with Gasteiger partial charge < -0.3 is 20.7 Å². The Labute approximate surface area is 149 Å². The fraction of sp³-hybridized carbons (Fsp3) is 0.350. The Morgan fingerprint density at radius 2 is 1.76 bits per heavy atom. The van der Waals surface area contributed by atoms with Crippen molar-refractivity contribution in [2.45, 2.75) is 27.2 Å². The molecule has 0 spiro atoms. The highest BCUT2D eigenvalue weighted by Gasteiger charge is 2.10. The minimum atomic E-state index is -0.169. The molecular formula is C20H27N3O2. The van der Waals surface area contributed by atoms with Crippen molar-refractivity contribution < 1.29 is 9.53 Å². The summed E-state index contributed by atoms with van der Waals surface area (Å²) in [7, 11) is 0. The van der Waals surface area contributed by atoms with Crippen LogP contribution >= 0.6 is 0 Å². The predicted molar refractivity (Wildman–Crippen MR) is 105 cm³/mol. The van der Waals surface area contributed by atoms with Crippen molar-refractivity contribution in [3.63, 3.8) is 0 Å². The van der Waals surface area contributed by atoms with Crippen molar-refractivity contribution >= 4 is 23.0 Å². The third kappa shape index (κ3) is 4.89. The Hall–Kier alpha value is -2.69. The summed E-state index contributed by atoms with van der Waals surface area (Å²) in [6, 6.07) is 12.7. The lowest BCUT2D eigenvalue weighted by molar-refractivity contribution is 0.102. The van der Waals surface area contributed by atoms with Gasteiger partial charge in [0.15, 0.2) is 0 Å². The molecule has 134 valence electrons. The molecule has 0 saturated heterocycles. The fourth-order valence-electron chi connectivity index (χ4n) is 2.61. The molecule has 2 aromatic carbocycles. The monoisotopic (exact) mass is 341 g/mol. The average Bonchev–Trinajstić information content (AvgIpc) is 2.63. The van der Waals surface area contributed by atoms with Crippen LogP contribution in [0.25, 0.3) is 0 Å². The standard InChI is InChI=1S/C20H27N3O2/c1-4-13-25-17-10-7-15(8-11-17)20(24)22-16-9-12-19(18(21)14-16)23(5-2)6-3/h7-12,14H,4-6,13,21H2,1-3H3,(H,22,24). The van der Waals surface area contributed by atoms with E-state index in [0.29, 0.717) is 23.5 Å². The van der Waals surface area contributed by atoms with E-state index in [-0.39, 0.29) is 5.91 Å². The zero-order valence-electron chi connectivity index (χ0n) is 15.2. The van der Waals surface area contributed by atoms with Gasteiger partial charge in [-0.25, -0.2) is 0 Å². The Bertz CT molecular complexity index is 695. The maximum Gasteiger partial charge on any atom is 0.255 e. The minimum absolute atomic E-state index is 0.169. The number of nitrogens with zero attached hydrogens (tertiary/aromatic N) is 1. The summed E-state index contributed by atoms with van der Waals surface area (Å²) < 4.78 is 5.53. The van der Waals surface area contributed by atoms with Gasteiger partial charge in [0, 0.05) is 24.3 Å². The van der Waals surface area contributed by atoms with E-state index in [1.807, 2.05) is 24.3 Å². The lowest BCUT2D eigenvalue weighted by Gasteiger charge is -2.23. The number of carbonyl (C=O) groups excluding carboxylic acids is 1. The molecule has 0 radical (unpaired) electrons. The number of carbonyl (C=O) groups is 1. The quantitative estimate of drug-likeness (QED) is 0.708. The molecule has 3 N–H and O–H groups in total. The molecule has 0 aliphatic rings. The maximum atomic E-state index is 12.4. The molecule has 0 heterocycles. The molecule has 25 heavy (non-hydrogen) atoms. The first-order valence-corrected chi connectivity index (χ1v) is 8.77. The molecule has 5 nitrogen and oxygen atoms in total. The molecule has 0 aromatic heterocycles. The number of ether oxygens (including phenoxy) is 1. The average molecular weight is 341 g/mol. The molecule has 0 aliphatic carbocycles. The van der Waals surface area contributed by atoms with E-state index in [4.69, 9.17) is 10.5 Å². The van der Waals surface area contributed by atoms with E-state index in [2.05, 4.69) is 31.0 Å². The summed E-state index contributed by atoms with van der Waals surface area (Å²) in [5.74, 6) is 0.600. The van der Waals surface area contributed by atoms with Crippen LogP contribution in [0.15, 0.2) is 42.5 Å². The molecule has 0 saturated carbocycles. The summed E-state index contributed by atoms with van der Waals surface area (Å²) in [5, 5.41) is 2.89. The van der Waals surface area contributed by atoms with Crippen LogP contribution in [-0.4, -0.2) is 25.6 Å². The summed E-state index contributed by atoms with van der Waals surface area (Å²) >= 11 is 0. The number of nitrogens with two attached hydrogens (primary N) is 1. The summed E-state index contributed by atoms with van der Waals surface area (Å²) in [6.45, 7) is 8.68. The third-order valence-corrected chi connectivity index (χ3v) is 3.98. The van der Waals surface area contributed by atoms with E-state index < -0.39 is 0 Å². The zero-order valence-corrected chi connectivity index (χ0v) is 15.2. The van der Waals surface area contributed by atoms with Gasteiger partial charge in [0.1, 0.15) is 5.75 Å². The highest BCUT2D eigenvalue weighted by atomic mass is 16.5. The fourth-order valence-corrected chi connectivity index (χ4v) is 2.61. The van der Waals surface area contributed by atoms with Gasteiger partial charge in [0.25, 0.3) is 5.91 Å². The van der Waals surface area contributed by atoms with Crippen LogP contribution in [-0.2, 0) is 0 Å². The minimum Gasteiger partial charge on any atom is -0.494 e. The molecule has 0 unspecified atom stereocenters. The number of benzene rings is 2. The van der Waals surface area contributed by atoms with Gasteiger partial charge in [0.2, 0.25) is 0 Å². The second-order valence-corrected chi connectivity index (χ2v) is 5.77. The molecule has 2 rings (SSSR count). The SMILES string of the molecule is CCCOc1ccc(C(=O)Nc2ccc(N(CC)CC)c(N)c2)cc1. The van der Waals surface area contributed by atoms with Crippen molar-refractivity contribution in [3.8, 4) is 5.75 Å². The smallest absolute Gasteiger partial charge is 0.255 e. The van der Waals surface area contributed by atoms with Crippen LogP contribution in [0.1, 0.15) is 37.6 Å². The van der Waals surface area contributed by atoms with Crippen LogP contribution < -0.4 is 20.7 Å². The van der Waals surface area contributed by atoms with Crippen molar-refractivity contribution in [1.82, 2.24) is 0 Å². The summed E-state index contributed by atoms with van der Waals surface area (Å²) in [5.41, 5.74) is 9.05. The summed E-state index contributed by atoms with van der Waals surface area (Å²) in [6.07, 6.45) is 0.952. The van der Waals surface area contributed by atoms with Gasteiger partial charge in [-0.3, -0.25) is 4.79 Å². The van der Waals surface area contributed by atoms with Gasteiger partial charge in [0.05, 0.1) is 18.0 Å². The molecule has 0 aliphatic heterocycles. The van der Waals surface area contributed by atoms with E-state index in [1.54, 1.807) is 18.2 Å². The van der Waals surface area contributed by atoms with Crippen molar-refractivity contribution in [3.05, 3.63) is 48.0 Å². The molecule has 1 amide bonds. The Balaban J connectivity index is 2.06. The van der Waals surface area contributed by atoms with Crippen molar-refractivity contribution in [2.75, 3.05) is 35.6 Å². The van der Waals surface area contributed by atoms with E-state index >= 15 is 0 Å². The Kier molecular flexibility index (Phi) is 6.69. The number of rotatable bonds is 8. The largest absolute Gasteiger partial charge is 0.494 e. The first-order chi connectivity index (χ1) is 12.1. The topological polar surface area (TPSA) is 67.6 Å². The lowest BCUT2D eigenvalue weighted by atomic mass is 10.2.